The molecule has 94 valence electrons. The second-order valence-corrected chi connectivity index (χ2v) is 5.56. The van der Waals surface area contributed by atoms with E-state index in [1.54, 1.807) is 0 Å². The number of amides is 1. The highest BCUT2D eigenvalue weighted by Crippen LogP contribution is 2.23. The molecule has 17 heavy (non-hydrogen) atoms. The van der Waals surface area contributed by atoms with Crippen LogP contribution in [0.4, 0.5) is 0 Å². The highest BCUT2D eigenvalue weighted by atomic mass is 79.9. The van der Waals surface area contributed by atoms with Crippen molar-refractivity contribution in [1.29, 1.82) is 0 Å². The molecule has 4 heteroatoms. The summed E-state index contributed by atoms with van der Waals surface area (Å²) in [6.07, 6.45) is 0. The van der Waals surface area contributed by atoms with Crippen LogP contribution in [-0.2, 0) is 10.3 Å². The van der Waals surface area contributed by atoms with Crippen molar-refractivity contribution < 1.29 is 9.90 Å². The normalized spacial score (nSPS) is 14.5. The molecule has 3 nitrogen and oxygen atoms in total. The van der Waals surface area contributed by atoms with Crippen molar-refractivity contribution in [2.75, 3.05) is 6.61 Å². The van der Waals surface area contributed by atoms with E-state index < -0.39 is 5.54 Å². The monoisotopic (exact) mass is 299 g/mol. The van der Waals surface area contributed by atoms with Crippen molar-refractivity contribution in [1.82, 2.24) is 5.32 Å². The van der Waals surface area contributed by atoms with E-state index in [9.17, 15) is 9.90 Å². The molecule has 1 unspecified atom stereocenters. The quantitative estimate of drug-likeness (QED) is 0.897. The minimum Gasteiger partial charge on any atom is -0.394 e. The van der Waals surface area contributed by atoms with Gasteiger partial charge in [-0.15, -0.1) is 0 Å². The molecule has 0 fully saturated rings. The van der Waals surface area contributed by atoms with Crippen LogP contribution in [0.25, 0.3) is 0 Å². The SMILES string of the molecule is CC(C)C(=O)NC(C)(CO)c1cccc(Br)c1. The lowest BCUT2D eigenvalue weighted by Crippen LogP contribution is -2.47. The first-order valence-electron chi connectivity index (χ1n) is 5.58. The van der Waals surface area contributed by atoms with Gasteiger partial charge in [0.2, 0.25) is 5.91 Å². The van der Waals surface area contributed by atoms with Gasteiger partial charge in [0.05, 0.1) is 12.1 Å². The number of nitrogens with one attached hydrogen (secondary N) is 1. The van der Waals surface area contributed by atoms with E-state index in [0.717, 1.165) is 10.0 Å². The molecule has 0 aliphatic carbocycles. The van der Waals surface area contributed by atoms with E-state index >= 15 is 0 Å². The molecule has 0 heterocycles. The molecule has 1 atom stereocenters. The second kappa shape index (κ2) is 5.65. The van der Waals surface area contributed by atoms with Crippen LogP contribution in [0.1, 0.15) is 26.3 Å². The highest BCUT2D eigenvalue weighted by molar-refractivity contribution is 9.10. The molecule has 0 saturated carbocycles. The maximum atomic E-state index is 11.7. The number of benzene rings is 1. The molecule has 1 aromatic carbocycles. The number of carbonyl (C=O) groups excluding carboxylic acids is 1. The van der Waals surface area contributed by atoms with E-state index in [1.165, 1.54) is 0 Å². The number of aliphatic hydroxyl groups is 1. The van der Waals surface area contributed by atoms with E-state index in [1.807, 2.05) is 45.0 Å². The van der Waals surface area contributed by atoms with Crippen molar-refractivity contribution in [2.24, 2.45) is 5.92 Å². The van der Waals surface area contributed by atoms with Gasteiger partial charge in [-0.2, -0.15) is 0 Å². The van der Waals surface area contributed by atoms with Crippen LogP contribution in [0.15, 0.2) is 28.7 Å². The van der Waals surface area contributed by atoms with Gasteiger partial charge in [0.15, 0.2) is 0 Å². The zero-order valence-corrected chi connectivity index (χ0v) is 11.9. The van der Waals surface area contributed by atoms with Crippen LogP contribution in [0, 0.1) is 5.92 Å². The third-order valence-electron chi connectivity index (χ3n) is 2.70. The predicted octanol–water partition coefficient (Wildman–Crippen LogP) is 2.43. The second-order valence-electron chi connectivity index (χ2n) is 4.64. The lowest BCUT2D eigenvalue weighted by atomic mass is 9.92. The highest BCUT2D eigenvalue weighted by Gasteiger charge is 2.28. The smallest absolute Gasteiger partial charge is 0.223 e. The van der Waals surface area contributed by atoms with Crippen LogP contribution in [0.3, 0.4) is 0 Å². The average molecular weight is 300 g/mol. The van der Waals surface area contributed by atoms with Crippen molar-refractivity contribution in [3.8, 4) is 0 Å². The molecular weight excluding hydrogens is 282 g/mol. The third kappa shape index (κ3) is 3.54. The molecule has 2 N–H and O–H groups in total. The van der Waals surface area contributed by atoms with Gasteiger partial charge in [0.1, 0.15) is 0 Å². The molecule has 0 radical (unpaired) electrons. The molecule has 0 bridgehead atoms. The lowest BCUT2D eigenvalue weighted by Gasteiger charge is -2.30. The van der Waals surface area contributed by atoms with Crippen molar-refractivity contribution in [3.63, 3.8) is 0 Å². The maximum absolute atomic E-state index is 11.7. The fraction of sp³-hybridized carbons (Fsp3) is 0.462. The number of halogens is 1. The maximum Gasteiger partial charge on any atom is 0.223 e. The van der Waals surface area contributed by atoms with Crippen molar-refractivity contribution in [3.05, 3.63) is 34.3 Å². The Bertz CT molecular complexity index is 406. The molecule has 0 aliphatic rings. The largest absolute Gasteiger partial charge is 0.394 e. The van der Waals surface area contributed by atoms with Gasteiger partial charge in [-0.25, -0.2) is 0 Å². The van der Waals surface area contributed by atoms with E-state index in [2.05, 4.69) is 21.2 Å². The van der Waals surface area contributed by atoms with Gasteiger partial charge in [-0.1, -0.05) is 41.9 Å². The summed E-state index contributed by atoms with van der Waals surface area (Å²) in [7, 11) is 0. The van der Waals surface area contributed by atoms with Gasteiger partial charge in [-0.3, -0.25) is 4.79 Å². The first-order valence-corrected chi connectivity index (χ1v) is 6.37. The summed E-state index contributed by atoms with van der Waals surface area (Å²) in [6, 6.07) is 7.58. The Labute approximate surface area is 110 Å². The number of carbonyl (C=O) groups is 1. The van der Waals surface area contributed by atoms with Crippen molar-refractivity contribution >= 4 is 21.8 Å². The van der Waals surface area contributed by atoms with Crippen LogP contribution in [-0.4, -0.2) is 17.6 Å². The summed E-state index contributed by atoms with van der Waals surface area (Å²) in [4.78, 5) is 11.7. The van der Waals surface area contributed by atoms with Gasteiger partial charge in [0, 0.05) is 10.4 Å². The minimum atomic E-state index is -0.745. The molecule has 0 aromatic heterocycles. The summed E-state index contributed by atoms with van der Waals surface area (Å²) in [6.45, 7) is 5.33. The molecule has 0 spiro atoms. The zero-order chi connectivity index (χ0) is 13.1. The van der Waals surface area contributed by atoms with Gasteiger partial charge < -0.3 is 10.4 Å². The standard InChI is InChI=1S/C13H18BrNO2/c1-9(2)12(17)15-13(3,8-16)10-5-4-6-11(14)7-10/h4-7,9,16H,8H2,1-3H3,(H,15,17). The van der Waals surface area contributed by atoms with Crippen LogP contribution in [0.5, 0.6) is 0 Å². The summed E-state index contributed by atoms with van der Waals surface area (Å²) in [5, 5.41) is 12.4. The molecule has 1 rings (SSSR count). The Morgan fingerprint density at radius 3 is 2.65 bits per heavy atom. The van der Waals surface area contributed by atoms with Crippen LogP contribution >= 0.6 is 15.9 Å². The molecule has 0 aliphatic heterocycles. The van der Waals surface area contributed by atoms with E-state index in [0.29, 0.717) is 0 Å². The van der Waals surface area contributed by atoms with Gasteiger partial charge >= 0.3 is 0 Å². The molecule has 0 saturated heterocycles. The Morgan fingerprint density at radius 2 is 2.18 bits per heavy atom. The molecular formula is C13H18BrNO2. The predicted molar refractivity (Wildman–Crippen MR) is 71.6 cm³/mol. The van der Waals surface area contributed by atoms with Crippen molar-refractivity contribution in [2.45, 2.75) is 26.3 Å². The fourth-order valence-corrected chi connectivity index (χ4v) is 1.85. The van der Waals surface area contributed by atoms with E-state index in [4.69, 9.17) is 0 Å². The molecule has 1 aromatic rings. The number of rotatable bonds is 4. The Morgan fingerprint density at radius 1 is 1.53 bits per heavy atom. The Hall–Kier alpha value is -0.870. The lowest BCUT2D eigenvalue weighted by molar-refractivity contribution is -0.126. The topological polar surface area (TPSA) is 49.3 Å². The minimum absolute atomic E-state index is 0.0680. The third-order valence-corrected chi connectivity index (χ3v) is 3.19. The summed E-state index contributed by atoms with van der Waals surface area (Å²) in [5.74, 6) is -0.172. The summed E-state index contributed by atoms with van der Waals surface area (Å²) >= 11 is 3.38. The van der Waals surface area contributed by atoms with E-state index in [-0.39, 0.29) is 18.4 Å². The fourth-order valence-electron chi connectivity index (χ4n) is 1.45. The molecule has 1 amide bonds. The Balaban J connectivity index is 2.99. The first-order chi connectivity index (χ1) is 7.89. The number of hydrogen-bond donors (Lipinski definition) is 2. The Kier molecular flexibility index (Phi) is 4.71. The average Bonchev–Trinajstić information content (AvgIpc) is 2.28. The first kappa shape index (κ1) is 14.2. The number of aliphatic hydroxyl groups excluding tert-OH is 1. The zero-order valence-electron chi connectivity index (χ0n) is 10.3. The number of hydrogen-bond acceptors (Lipinski definition) is 2. The summed E-state index contributed by atoms with van der Waals surface area (Å²) < 4.78 is 0.925. The van der Waals surface area contributed by atoms with Crippen LogP contribution in [0.2, 0.25) is 0 Å². The van der Waals surface area contributed by atoms with Crippen LogP contribution < -0.4 is 5.32 Å². The van der Waals surface area contributed by atoms with Gasteiger partial charge in [-0.05, 0) is 24.6 Å². The van der Waals surface area contributed by atoms with Gasteiger partial charge in [0.25, 0.3) is 0 Å². The summed E-state index contributed by atoms with van der Waals surface area (Å²) in [5.41, 5.74) is 0.133.